The average molecular weight is 282 g/mol. The molecule has 1 nitrogen and oxygen atoms in total. The number of rotatable bonds is 2. The fourth-order valence-corrected chi connectivity index (χ4v) is 6.01. The second-order valence-corrected chi connectivity index (χ2v) is 7.52. The molecule has 21 heavy (non-hydrogen) atoms. The molecule has 0 saturated heterocycles. The molecule has 0 heterocycles. The van der Waals surface area contributed by atoms with Crippen molar-refractivity contribution in [3.05, 3.63) is 35.4 Å². The molecule has 1 aromatic rings. The van der Waals surface area contributed by atoms with E-state index in [2.05, 4.69) is 31.2 Å². The van der Waals surface area contributed by atoms with Gasteiger partial charge in [-0.15, -0.1) is 0 Å². The van der Waals surface area contributed by atoms with Crippen molar-refractivity contribution in [1.29, 1.82) is 0 Å². The first kappa shape index (κ1) is 13.5. The lowest BCUT2D eigenvalue weighted by Crippen LogP contribution is -2.44. The maximum absolute atomic E-state index is 12.6. The summed E-state index contributed by atoms with van der Waals surface area (Å²) in [4.78, 5) is 12.6. The summed E-state index contributed by atoms with van der Waals surface area (Å²) in [6.45, 7) is 2.25. The van der Waals surface area contributed by atoms with Crippen molar-refractivity contribution < 1.29 is 4.79 Å². The fourth-order valence-electron chi connectivity index (χ4n) is 6.01. The second kappa shape index (κ2) is 4.97. The van der Waals surface area contributed by atoms with Crippen molar-refractivity contribution in [3.8, 4) is 0 Å². The van der Waals surface area contributed by atoms with Crippen molar-refractivity contribution in [1.82, 2.24) is 0 Å². The van der Waals surface area contributed by atoms with E-state index in [0.717, 1.165) is 37.5 Å². The van der Waals surface area contributed by atoms with Crippen LogP contribution in [0.5, 0.6) is 0 Å². The molecule has 0 amide bonds. The molecule has 2 fully saturated rings. The topological polar surface area (TPSA) is 17.1 Å². The van der Waals surface area contributed by atoms with Gasteiger partial charge in [0, 0.05) is 11.8 Å². The zero-order valence-corrected chi connectivity index (χ0v) is 13.1. The number of aryl methyl sites for hydroxylation is 1. The normalized spacial score (nSPS) is 37.8. The first-order chi connectivity index (χ1) is 10.3. The van der Waals surface area contributed by atoms with Crippen LogP contribution >= 0.6 is 0 Å². The Morgan fingerprint density at radius 3 is 2.86 bits per heavy atom. The Morgan fingerprint density at radius 1 is 1.14 bits per heavy atom. The van der Waals surface area contributed by atoms with E-state index in [0.29, 0.717) is 11.7 Å². The van der Waals surface area contributed by atoms with E-state index in [1.807, 2.05) is 0 Å². The molecule has 1 heteroatoms. The third-order valence-corrected chi connectivity index (χ3v) is 6.78. The van der Waals surface area contributed by atoms with Gasteiger partial charge in [-0.3, -0.25) is 4.79 Å². The Labute approximate surface area is 128 Å². The van der Waals surface area contributed by atoms with E-state index >= 15 is 0 Å². The average Bonchev–Trinajstić information content (AvgIpc) is 2.85. The van der Waals surface area contributed by atoms with Crippen molar-refractivity contribution in [2.75, 3.05) is 0 Å². The predicted molar refractivity (Wildman–Crippen MR) is 85.3 cm³/mol. The van der Waals surface area contributed by atoms with E-state index in [9.17, 15) is 4.79 Å². The number of ketones is 1. The van der Waals surface area contributed by atoms with E-state index in [1.165, 1.54) is 25.7 Å². The lowest BCUT2D eigenvalue weighted by atomic mass is 9.54. The number of hydrogen-bond acceptors (Lipinski definition) is 1. The van der Waals surface area contributed by atoms with Crippen LogP contribution in [-0.4, -0.2) is 5.78 Å². The van der Waals surface area contributed by atoms with Gasteiger partial charge in [-0.05, 0) is 67.4 Å². The molecule has 2 saturated carbocycles. The summed E-state index contributed by atoms with van der Waals surface area (Å²) in [7, 11) is 0. The first-order valence-electron chi connectivity index (χ1n) is 8.87. The van der Waals surface area contributed by atoms with E-state index in [-0.39, 0.29) is 5.41 Å². The maximum Gasteiger partial charge on any atom is 0.139 e. The lowest BCUT2D eigenvalue weighted by Gasteiger charge is -2.49. The molecular formula is C20H26O. The van der Waals surface area contributed by atoms with Crippen LogP contribution in [0.4, 0.5) is 0 Å². The van der Waals surface area contributed by atoms with E-state index in [4.69, 9.17) is 0 Å². The van der Waals surface area contributed by atoms with Crippen LogP contribution in [0.2, 0.25) is 0 Å². The molecule has 1 aromatic carbocycles. The van der Waals surface area contributed by atoms with Crippen LogP contribution in [0, 0.1) is 17.3 Å². The van der Waals surface area contributed by atoms with Crippen molar-refractivity contribution in [2.24, 2.45) is 17.3 Å². The molecule has 0 spiro atoms. The van der Waals surface area contributed by atoms with Gasteiger partial charge in [0.15, 0.2) is 0 Å². The summed E-state index contributed by atoms with van der Waals surface area (Å²) < 4.78 is 0. The van der Waals surface area contributed by atoms with Gasteiger partial charge in [-0.2, -0.15) is 0 Å². The highest BCUT2D eigenvalue weighted by Crippen LogP contribution is 2.61. The zero-order chi connectivity index (χ0) is 14.4. The van der Waals surface area contributed by atoms with Crippen molar-refractivity contribution in [3.63, 3.8) is 0 Å². The molecular weight excluding hydrogens is 256 g/mol. The quantitative estimate of drug-likeness (QED) is 0.754. The molecule has 3 aliphatic carbocycles. The predicted octanol–water partition coefficient (Wildman–Crippen LogP) is 4.89. The number of carbonyl (C=O) groups is 1. The number of Topliss-reactive ketones (excluding diaryl/α,β-unsaturated/α-hetero) is 1. The zero-order valence-electron chi connectivity index (χ0n) is 13.1. The number of fused-ring (bicyclic) bond motifs is 5. The van der Waals surface area contributed by atoms with Gasteiger partial charge >= 0.3 is 0 Å². The van der Waals surface area contributed by atoms with Crippen LogP contribution in [0.15, 0.2) is 24.3 Å². The third kappa shape index (κ3) is 1.86. The Balaban J connectivity index is 1.71. The Kier molecular flexibility index (Phi) is 3.20. The molecule has 0 radical (unpaired) electrons. The monoisotopic (exact) mass is 282 g/mol. The van der Waals surface area contributed by atoms with Crippen molar-refractivity contribution >= 4 is 5.78 Å². The molecule has 0 N–H and O–H groups in total. The highest BCUT2D eigenvalue weighted by atomic mass is 16.1. The van der Waals surface area contributed by atoms with Gasteiger partial charge in [-0.1, -0.05) is 37.6 Å². The SMILES string of the molecule is CCC[C@]12CC[C@@H]3c4ccccc4CC[C@H]3[C@@H]1CCC2=O. The second-order valence-electron chi connectivity index (χ2n) is 7.52. The smallest absolute Gasteiger partial charge is 0.139 e. The summed E-state index contributed by atoms with van der Waals surface area (Å²) in [6.07, 6.45) is 9.26. The van der Waals surface area contributed by atoms with Crippen LogP contribution in [-0.2, 0) is 11.2 Å². The van der Waals surface area contributed by atoms with Crippen LogP contribution < -0.4 is 0 Å². The van der Waals surface area contributed by atoms with Crippen LogP contribution in [0.1, 0.15) is 68.9 Å². The minimum Gasteiger partial charge on any atom is -0.299 e. The fraction of sp³-hybridized carbons (Fsp3) is 0.650. The van der Waals surface area contributed by atoms with E-state index in [1.54, 1.807) is 11.1 Å². The molecule has 112 valence electrons. The summed E-state index contributed by atoms with van der Waals surface area (Å²) >= 11 is 0. The van der Waals surface area contributed by atoms with Gasteiger partial charge in [0.2, 0.25) is 0 Å². The van der Waals surface area contributed by atoms with Gasteiger partial charge in [0.05, 0.1) is 0 Å². The van der Waals surface area contributed by atoms with Gasteiger partial charge in [0.1, 0.15) is 5.78 Å². The molecule has 0 aromatic heterocycles. The molecule has 0 unspecified atom stereocenters. The minimum absolute atomic E-state index is 0.0716. The molecule has 3 aliphatic rings. The van der Waals surface area contributed by atoms with Crippen LogP contribution in [0.3, 0.4) is 0 Å². The van der Waals surface area contributed by atoms with E-state index < -0.39 is 0 Å². The summed E-state index contributed by atoms with van der Waals surface area (Å²) in [6, 6.07) is 9.06. The minimum atomic E-state index is 0.0716. The lowest BCUT2D eigenvalue weighted by molar-refractivity contribution is -0.131. The highest BCUT2D eigenvalue weighted by molar-refractivity contribution is 5.87. The van der Waals surface area contributed by atoms with Gasteiger partial charge in [0.25, 0.3) is 0 Å². The summed E-state index contributed by atoms with van der Waals surface area (Å²) in [5.74, 6) is 2.78. The Hall–Kier alpha value is -1.11. The maximum atomic E-state index is 12.6. The number of benzene rings is 1. The van der Waals surface area contributed by atoms with Crippen LogP contribution in [0.25, 0.3) is 0 Å². The van der Waals surface area contributed by atoms with Gasteiger partial charge in [-0.25, -0.2) is 0 Å². The Bertz CT molecular complexity index is 561. The molecule has 0 bridgehead atoms. The highest BCUT2D eigenvalue weighted by Gasteiger charge is 2.56. The largest absolute Gasteiger partial charge is 0.299 e. The third-order valence-electron chi connectivity index (χ3n) is 6.78. The van der Waals surface area contributed by atoms with Crippen molar-refractivity contribution in [2.45, 2.75) is 64.2 Å². The molecule has 0 aliphatic heterocycles. The number of carbonyl (C=O) groups excluding carboxylic acids is 1. The van der Waals surface area contributed by atoms with Gasteiger partial charge < -0.3 is 0 Å². The summed E-state index contributed by atoms with van der Waals surface area (Å²) in [5, 5.41) is 0. The first-order valence-corrected chi connectivity index (χ1v) is 8.87. The molecule has 4 rings (SSSR count). The Morgan fingerprint density at radius 2 is 2.00 bits per heavy atom. The molecule has 4 atom stereocenters. The summed E-state index contributed by atoms with van der Waals surface area (Å²) in [5.41, 5.74) is 3.26. The number of hydrogen-bond donors (Lipinski definition) is 0. The standard InChI is InChI=1S/C20H26O/c1-2-12-20-13-11-16-15-6-4-3-5-14(15)7-8-17(16)18(20)9-10-19(20)21/h3-6,16-18H,2,7-13H2,1H3/t16-,17-,18+,20+/m1/s1.